The molecule has 18 heavy (non-hydrogen) atoms. The second-order valence-corrected chi connectivity index (χ2v) is 6.71. The molecule has 5 nitrogen and oxygen atoms in total. The largest absolute Gasteiger partial charge is 0.465 e. The number of fused-ring (bicyclic) bond motifs is 3. The summed E-state index contributed by atoms with van der Waals surface area (Å²) in [5, 5.41) is 0. The summed E-state index contributed by atoms with van der Waals surface area (Å²) < 4.78 is 21.6. The molecule has 0 spiro atoms. The predicted octanol–water partition coefficient (Wildman–Crippen LogP) is 2.40. The van der Waals surface area contributed by atoms with Gasteiger partial charge in [0.1, 0.15) is 6.61 Å². The Labute approximate surface area is 108 Å². The molecule has 6 heteroatoms. The van der Waals surface area contributed by atoms with E-state index in [1.807, 2.05) is 0 Å². The van der Waals surface area contributed by atoms with Gasteiger partial charge in [-0.25, -0.2) is 0 Å². The highest BCUT2D eigenvalue weighted by Gasteiger charge is 2.46. The lowest BCUT2D eigenvalue weighted by atomic mass is 9.89. The molecule has 0 amide bonds. The molecule has 0 aromatic heterocycles. The summed E-state index contributed by atoms with van der Waals surface area (Å²) in [6, 6.07) is 0. The Hall–Kier alpha value is -0.220. The monoisotopic (exact) mass is 274 g/mol. The summed E-state index contributed by atoms with van der Waals surface area (Å²) in [7, 11) is -1.11. The van der Waals surface area contributed by atoms with Crippen molar-refractivity contribution in [2.24, 2.45) is 11.3 Å². The van der Waals surface area contributed by atoms with Crippen LogP contribution in [0.1, 0.15) is 32.1 Å². The topological polar surface area (TPSA) is 54.0 Å². The first-order valence-corrected chi connectivity index (χ1v) is 7.73. The molecular weight excluding hydrogens is 255 g/mol. The van der Waals surface area contributed by atoms with Crippen LogP contribution in [0.15, 0.2) is 0 Å². The minimum atomic E-state index is -1.11. The molecule has 1 saturated carbocycles. The van der Waals surface area contributed by atoms with Crippen molar-refractivity contribution < 1.29 is 23.1 Å². The van der Waals surface area contributed by atoms with Crippen LogP contribution < -0.4 is 0 Å². The minimum Gasteiger partial charge on any atom is -0.465 e. The quantitative estimate of drug-likeness (QED) is 0.584. The van der Waals surface area contributed by atoms with Crippen LogP contribution in [0.5, 0.6) is 0 Å². The van der Waals surface area contributed by atoms with Crippen LogP contribution in [0.2, 0.25) is 0 Å². The van der Waals surface area contributed by atoms with Crippen molar-refractivity contribution in [2.45, 2.75) is 32.1 Å². The molecule has 0 N–H and O–H groups in total. The molecule has 0 radical (unpaired) electrons. The lowest BCUT2D eigenvalue weighted by molar-refractivity contribution is -0.162. The van der Waals surface area contributed by atoms with E-state index in [0.717, 1.165) is 25.7 Å². The number of esters is 1. The minimum absolute atomic E-state index is 0.0533. The van der Waals surface area contributed by atoms with Crippen LogP contribution in [-0.2, 0) is 23.1 Å². The molecule has 2 bridgehead atoms. The number of carbonyl (C=O) groups excluding carboxylic acids is 1. The van der Waals surface area contributed by atoms with E-state index in [-0.39, 0.29) is 17.3 Å². The summed E-state index contributed by atoms with van der Waals surface area (Å²) in [6.45, 7) is 2.09. The van der Waals surface area contributed by atoms with Gasteiger partial charge in [-0.3, -0.25) is 4.79 Å². The van der Waals surface area contributed by atoms with Gasteiger partial charge in [0.25, 0.3) is 0 Å². The molecule has 0 aromatic rings. The first kappa shape index (κ1) is 12.8. The number of rotatable bonds is 3. The Balaban J connectivity index is 1.49. The summed E-state index contributed by atoms with van der Waals surface area (Å²) in [5.74, 6) is 0.0460. The zero-order valence-electron chi connectivity index (χ0n) is 10.4. The maximum absolute atomic E-state index is 12.0. The van der Waals surface area contributed by atoms with Crippen LogP contribution in [-0.4, -0.2) is 32.4 Å². The Morgan fingerprint density at radius 2 is 1.72 bits per heavy atom. The summed E-state index contributed by atoms with van der Waals surface area (Å²) in [5.41, 5.74) is -0.276. The van der Waals surface area contributed by atoms with Crippen molar-refractivity contribution in [3.8, 4) is 0 Å². The lowest BCUT2D eigenvalue weighted by Gasteiger charge is -2.43. The van der Waals surface area contributed by atoms with Crippen molar-refractivity contribution in [2.75, 3.05) is 26.4 Å². The highest BCUT2D eigenvalue weighted by molar-refractivity contribution is 7.41. The van der Waals surface area contributed by atoms with Crippen molar-refractivity contribution in [1.82, 2.24) is 0 Å². The van der Waals surface area contributed by atoms with E-state index in [0.29, 0.717) is 26.4 Å². The Kier molecular flexibility index (Phi) is 3.85. The molecule has 4 aliphatic rings. The average molecular weight is 274 g/mol. The summed E-state index contributed by atoms with van der Waals surface area (Å²) in [4.78, 5) is 12.0. The highest BCUT2D eigenvalue weighted by Crippen LogP contribution is 2.53. The zero-order valence-corrected chi connectivity index (χ0v) is 11.3. The molecule has 3 heterocycles. The van der Waals surface area contributed by atoms with Gasteiger partial charge in [-0.2, -0.15) is 0 Å². The standard InChI is InChI=1S/C12H19O5P/c13-11(10-4-2-1-3-5-10)14-6-12-7-15-18(16-8-12)17-9-12/h10H,1-9H2. The molecule has 3 aliphatic heterocycles. The average Bonchev–Trinajstić information content (AvgIpc) is 2.48. The van der Waals surface area contributed by atoms with Crippen LogP contribution in [0.4, 0.5) is 0 Å². The van der Waals surface area contributed by atoms with E-state index in [2.05, 4.69) is 0 Å². The molecule has 0 unspecified atom stereocenters. The van der Waals surface area contributed by atoms with Crippen molar-refractivity contribution >= 4 is 14.6 Å². The van der Waals surface area contributed by atoms with Crippen molar-refractivity contribution in [1.29, 1.82) is 0 Å². The zero-order chi connectivity index (χ0) is 12.4. The van der Waals surface area contributed by atoms with Gasteiger partial charge in [-0.05, 0) is 12.8 Å². The summed E-state index contributed by atoms with van der Waals surface area (Å²) in [6.07, 6.45) is 5.48. The van der Waals surface area contributed by atoms with E-state index >= 15 is 0 Å². The molecule has 4 rings (SSSR count). The number of ether oxygens (including phenoxy) is 1. The van der Waals surface area contributed by atoms with Crippen LogP contribution in [0.25, 0.3) is 0 Å². The van der Waals surface area contributed by atoms with E-state index in [1.165, 1.54) is 6.42 Å². The Morgan fingerprint density at radius 3 is 2.33 bits per heavy atom. The third kappa shape index (κ3) is 2.69. The lowest BCUT2D eigenvalue weighted by Crippen LogP contribution is -2.47. The number of hydrogen-bond donors (Lipinski definition) is 0. The summed E-state index contributed by atoms with van der Waals surface area (Å²) >= 11 is 0. The molecule has 4 fully saturated rings. The van der Waals surface area contributed by atoms with Crippen LogP contribution in [0, 0.1) is 11.3 Å². The SMILES string of the molecule is O=C(OCC12COP(OC1)OC2)C1CCCCC1. The van der Waals surface area contributed by atoms with Gasteiger partial charge in [-0.1, -0.05) is 19.3 Å². The van der Waals surface area contributed by atoms with Gasteiger partial charge < -0.3 is 18.3 Å². The Morgan fingerprint density at radius 1 is 1.11 bits per heavy atom. The molecule has 0 atom stereocenters. The first-order valence-electron chi connectivity index (χ1n) is 6.63. The number of hydrogen-bond acceptors (Lipinski definition) is 5. The third-order valence-electron chi connectivity index (χ3n) is 3.89. The fraction of sp³-hybridized carbons (Fsp3) is 0.917. The maximum Gasteiger partial charge on any atom is 0.332 e. The normalized spacial score (nSPS) is 36.6. The molecule has 1 aliphatic carbocycles. The van der Waals surface area contributed by atoms with Gasteiger partial charge in [0, 0.05) is 0 Å². The van der Waals surface area contributed by atoms with Gasteiger partial charge in [-0.15, -0.1) is 0 Å². The fourth-order valence-electron chi connectivity index (χ4n) is 2.61. The second-order valence-electron chi connectivity index (χ2n) is 5.49. The highest BCUT2D eigenvalue weighted by atomic mass is 31.2. The third-order valence-corrected chi connectivity index (χ3v) is 4.91. The van der Waals surface area contributed by atoms with Crippen molar-refractivity contribution in [3.63, 3.8) is 0 Å². The smallest absolute Gasteiger partial charge is 0.332 e. The predicted molar refractivity (Wildman–Crippen MR) is 64.7 cm³/mol. The van der Waals surface area contributed by atoms with Crippen LogP contribution in [0.3, 0.4) is 0 Å². The van der Waals surface area contributed by atoms with Gasteiger partial charge in [0.2, 0.25) is 0 Å². The van der Waals surface area contributed by atoms with Gasteiger partial charge in [0.05, 0.1) is 31.2 Å². The second kappa shape index (κ2) is 5.41. The Bertz CT molecular complexity index is 294. The fourth-order valence-corrected chi connectivity index (χ4v) is 3.97. The van der Waals surface area contributed by atoms with E-state index in [1.54, 1.807) is 0 Å². The molecular formula is C12H19O5P. The van der Waals surface area contributed by atoms with E-state index in [4.69, 9.17) is 18.3 Å². The molecule has 0 aromatic carbocycles. The van der Waals surface area contributed by atoms with Gasteiger partial charge >= 0.3 is 14.6 Å². The van der Waals surface area contributed by atoms with Crippen molar-refractivity contribution in [3.05, 3.63) is 0 Å². The van der Waals surface area contributed by atoms with Crippen LogP contribution >= 0.6 is 8.60 Å². The van der Waals surface area contributed by atoms with E-state index < -0.39 is 8.60 Å². The first-order chi connectivity index (χ1) is 8.77. The molecule has 102 valence electrons. The molecule has 3 saturated heterocycles. The van der Waals surface area contributed by atoms with E-state index in [9.17, 15) is 4.79 Å². The maximum atomic E-state index is 12.0. The number of carbonyl (C=O) groups is 1. The van der Waals surface area contributed by atoms with Gasteiger partial charge in [0.15, 0.2) is 0 Å².